The summed E-state index contributed by atoms with van der Waals surface area (Å²) in [6.45, 7) is 0. The smallest absolute Gasteiger partial charge is 0.267 e. The zero-order valence-corrected chi connectivity index (χ0v) is 14.2. The lowest BCUT2D eigenvalue weighted by atomic mass is 10.2. The van der Waals surface area contributed by atoms with Gasteiger partial charge in [-0.1, -0.05) is 11.6 Å². The Morgan fingerprint density at radius 1 is 1.17 bits per heavy atom. The van der Waals surface area contributed by atoms with Crippen molar-refractivity contribution < 1.29 is 27.1 Å². The molecule has 2 rings (SSSR count). The molecule has 0 aliphatic carbocycles. The van der Waals surface area contributed by atoms with E-state index >= 15 is 0 Å². The van der Waals surface area contributed by atoms with E-state index in [4.69, 9.17) is 21.1 Å². The van der Waals surface area contributed by atoms with Crippen molar-refractivity contribution >= 4 is 27.5 Å². The van der Waals surface area contributed by atoms with E-state index < -0.39 is 27.3 Å². The molecule has 0 radical (unpaired) electrons. The number of methoxy groups -OCH3 is 1. The van der Waals surface area contributed by atoms with Gasteiger partial charge in [0, 0.05) is 17.2 Å². The van der Waals surface area contributed by atoms with Crippen LogP contribution < -0.4 is 14.2 Å². The summed E-state index contributed by atoms with van der Waals surface area (Å²) >= 11 is 5.84. The summed E-state index contributed by atoms with van der Waals surface area (Å²) in [6.07, 6.45) is 0.799. The maximum absolute atomic E-state index is 14.0. The number of hydrogen-bond acceptors (Lipinski definition) is 5. The van der Waals surface area contributed by atoms with Crippen LogP contribution >= 0.6 is 11.6 Å². The first-order valence-corrected chi connectivity index (χ1v) is 8.79. The zero-order valence-electron chi connectivity index (χ0n) is 12.7. The van der Waals surface area contributed by atoms with Gasteiger partial charge in [0.05, 0.1) is 18.9 Å². The second-order valence-electron chi connectivity index (χ2n) is 4.74. The van der Waals surface area contributed by atoms with Gasteiger partial charge >= 0.3 is 0 Å². The second kappa shape index (κ2) is 7.06. The monoisotopic (exact) mass is 373 g/mol. The topological polar surface area (TPSA) is 81.7 Å². The molecule has 0 aromatic heterocycles. The molecule has 1 N–H and O–H groups in total. The number of nitrogens with one attached hydrogen (secondary N) is 1. The van der Waals surface area contributed by atoms with Crippen LogP contribution in [0.25, 0.3) is 0 Å². The molecular weight excluding hydrogens is 361 g/mol. The predicted octanol–water partition coefficient (Wildman–Crippen LogP) is 2.97. The largest absolute Gasteiger partial charge is 0.493 e. The van der Waals surface area contributed by atoms with E-state index in [2.05, 4.69) is 0 Å². The number of sulfonamides is 1. The fourth-order valence-electron chi connectivity index (χ4n) is 1.82. The van der Waals surface area contributed by atoms with Gasteiger partial charge in [-0.15, -0.1) is 0 Å². The van der Waals surface area contributed by atoms with Gasteiger partial charge in [0.15, 0.2) is 11.5 Å². The molecule has 0 heterocycles. The van der Waals surface area contributed by atoms with Crippen molar-refractivity contribution in [2.75, 3.05) is 13.4 Å². The minimum atomic E-state index is -3.79. The fourth-order valence-corrected chi connectivity index (χ4v) is 2.43. The third-order valence-corrected chi connectivity index (χ3v) is 3.61. The molecule has 6 nitrogen and oxygen atoms in total. The standard InChI is InChI=1S/C15H13ClFNO5S/c1-22-14-7-9(16)3-6-13(14)23-10-4-5-11(12(17)8-10)15(19)18-24(2,20)21/h3-8H,1-2H3,(H,18,19). The molecule has 128 valence electrons. The Balaban J connectivity index is 2.26. The molecule has 2 aromatic rings. The van der Waals surface area contributed by atoms with Gasteiger partial charge in [-0.3, -0.25) is 4.79 Å². The van der Waals surface area contributed by atoms with Crippen LogP contribution in [0, 0.1) is 5.82 Å². The zero-order chi connectivity index (χ0) is 17.9. The SMILES string of the molecule is COc1cc(Cl)ccc1Oc1ccc(C(=O)NS(C)(=O)=O)c(F)c1. The summed E-state index contributed by atoms with van der Waals surface area (Å²) in [6, 6.07) is 8.06. The number of ether oxygens (including phenoxy) is 2. The highest BCUT2D eigenvalue weighted by Crippen LogP contribution is 2.34. The van der Waals surface area contributed by atoms with E-state index in [9.17, 15) is 17.6 Å². The van der Waals surface area contributed by atoms with E-state index in [1.807, 2.05) is 0 Å². The highest BCUT2D eigenvalue weighted by Gasteiger charge is 2.17. The predicted molar refractivity (Wildman–Crippen MR) is 86.8 cm³/mol. The summed E-state index contributed by atoms with van der Waals surface area (Å²) in [4.78, 5) is 11.7. The molecule has 0 fully saturated rings. The van der Waals surface area contributed by atoms with Crippen LogP contribution in [-0.2, 0) is 10.0 Å². The first kappa shape index (κ1) is 18.0. The lowest BCUT2D eigenvalue weighted by Crippen LogP contribution is -2.29. The second-order valence-corrected chi connectivity index (χ2v) is 6.93. The molecule has 2 aromatic carbocycles. The van der Waals surface area contributed by atoms with Gasteiger partial charge in [0.1, 0.15) is 11.6 Å². The van der Waals surface area contributed by atoms with Crippen LogP contribution in [0.2, 0.25) is 5.02 Å². The normalized spacial score (nSPS) is 11.0. The number of benzene rings is 2. The molecule has 0 unspecified atom stereocenters. The number of hydrogen-bond donors (Lipinski definition) is 1. The highest BCUT2D eigenvalue weighted by molar-refractivity contribution is 7.89. The van der Waals surface area contributed by atoms with Crippen molar-refractivity contribution in [2.24, 2.45) is 0 Å². The van der Waals surface area contributed by atoms with Gasteiger partial charge < -0.3 is 9.47 Å². The molecular formula is C15H13ClFNO5S. The van der Waals surface area contributed by atoms with Crippen LogP contribution in [-0.4, -0.2) is 27.7 Å². The number of halogens is 2. The Morgan fingerprint density at radius 3 is 2.46 bits per heavy atom. The first-order valence-electron chi connectivity index (χ1n) is 6.52. The highest BCUT2D eigenvalue weighted by atomic mass is 35.5. The van der Waals surface area contributed by atoms with Crippen molar-refractivity contribution in [3.63, 3.8) is 0 Å². The van der Waals surface area contributed by atoms with Crippen LogP contribution in [0.1, 0.15) is 10.4 Å². The number of rotatable bonds is 5. The van der Waals surface area contributed by atoms with Gasteiger partial charge in [-0.25, -0.2) is 17.5 Å². The summed E-state index contributed by atoms with van der Waals surface area (Å²) in [5, 5.41) is 0.443. The maximum atomic E-state index is 14.0. The Morgan fingerprint density at radius 2 is 1.88 bits per heavy atom. The quantitative estimate of drug-likeness (QED) is 0.871. The summed E-state index contributed by atoms with van der Waals surface area (Å²) < 4.78 is 48.4. The van der Waals surface area contributed by atoms with Gasteiger partial charge in [0.25, 0.3) is 5.91 Å². The van der Waals surface area contributed by atoms with Gasteiger partial charge in [-0.2, -0.15) is 0 Å². The van der Waals surface area contributed by atoms with Crippen LogP contribution in [0.3, 0.4) is 0 Å². The Kier molecular flexibility index (Phi) is 5.30. The molecule has 0 atom stereocenters. The molecule has 0 bridgehead atoms. The Labute approximate surface area is 143 Å². The summed E-state index contributed by atoms with van der Waals surface area (Å²) in [7, 11) is -2.36. The molecule has 0 spiro atoms. The lowest BCUT2D eigenvalue weighted by molar-refractivity contribution is 0.0977. The molecule has 0 saturated carbocycles. The van der Waals surface area contributed by atoms with E-state index in [1.165, 1.54) is 19.2 Å². The third kappa shape index (κ3) is 4.59. The minimum Gasteiger partial charge on any atom is -0.493 e. The molecule has 0 saturated heterocycles. The first-order chi connectivity index (χ1) is 11.2. The Hall–Kier alpha value is -2.32. The van der Waals surface area contributed by atoms with Crippen molar-refractivity contribution in [3.05, 3.63) is 52.8 Å². The average Bonchev–Trinajstić information content (AvgIpc) is 2.47. The summed E-state index contributed by atoms with van der Waals surface area (Å²) in [5.74, 6) is -1.24. The van der Waals surface area contributed by atoms with Crippen molar-refractivity contribution in [2.45, 2.75) is 0 Å². The van der Waals surface area contributed by atoms with Crippen molar-refractivity contribution in [1.29, 1.82) is 0 Å². The minimum absolute atomic E-state index is 0.101. The number of amides is 1. The molecule has 0 aliphatic heterocycles. The van der Waals surface area contributed by atoms with Crippen LogP contribution in [0.15, 0.2) is 36.4 Å². The molecule has 24 heavy (non-hydrogen) atoms. The third-order valence-electron chi connectivity index (χ3n) is 2.82. The van der Waals surface area contributed by atoms with Crippen molar-refractivity contribution in [3.8, 4) is 17.2 Å². The average molecular weight is 374 g/mol. The lowest BCUT2D eigenvalue weighted by Gasteiger charge is -2.11. The van der Waals surface area contributed by atoms with E-state index in [0.29, 0.717) is 16.5 Å². The number of carbonyl (C=O) groups is 1. The molecule has 0 aliphatic rings. The van der Waals surface area contributed by atoms with E-state index in [-0.39, 0.29) is 5.75 Å². The Bertz CT molecular complexity index is 885. The van der Waals surface area contributed by atoms with E-state index in [1.54, 1.807) is 16.9 Å². The molecule has 1 amide bonds. The maximum Gasteiger partial charge on any atom is 0.267 e. The van der Waals surface area contributed by atoms with Gasteiger partial charge in [-0.05, 0) is 24.3 Å². The van der Waals surface area contributed by atoms with E-state index in [0.717, 1.165) is 18.4 Å². The van der Waals surface area contributed by atoms with Crippen LogP contribution in [0.5, 0.6) is 17.2 Å². The summed E-state index contributed by atoms with van der Waals surface area (Å²) in [5.41, 5.74) is -0.421. The number of carbonyl (C=O) groups excluding carboxylic acids is 1. The molecule has 9 heteroatoms. The fraction of sp³-hybridized carbons (Fsp3) is 0.133. The van der Waals surface area contributed by atoms with Crippen molar-refractivity contribution in [1.82, 2.24) is 4.72 Å². The van der Waals surface area contributed by atoms with Gasteiger partial charge in [0.2, 0.25) is 10.0 Å². The van der Waals surface area contributed by atoms with Crippen LogP contribution in [0.4, 0.5) is 4.39 Å².